The molecule has 0 aliphatic carbocycles. The van der Waals surface area contributed by atoms with Crippen LogP contribution in [0.5, 0.6) is 0 Å². The number of rotatable bonds is 10. The molecule has 43 heavy (non-hydrogen) atoms. The van der Waals surface area contributed by atoms with Gasteiger partial charge in [-0.05, 0) is 47.4 Å². The first kappa shape index (κ1) is 28.4. The highest BCUT2D eigenvalue weighted by Crippen LogP contribution is 2.34. The fourth-order valence-electron chi connectivity index (χ4n) is 5.54. The van der Waals surface area contributed by atoms with Crippen LogP contribution in [0.15, 0.2) is 88.7 Å². The first-order valence-corrected chi connectivity index (χ1v) is 14.6. The normalized spacial score (nSPS) is 13.4. The van der Waals surface area contributed by atoms with E-state index in [0.29, 0.717) is 25.6 Å². The monoisotopic (exact) mass is 579 g/mol. The molecule has 0 saturated carbocycles. The molecule has 1 fully saturated rings. The molecule has 6 rings (SSSR count). The van der Waals surface area contributed by atoms with E-state index in [0.717, 1.165) is 83.1 Å². The Labute approximate surface area is 249 Å². The molecule has 0 unspecified atom stereocenters. The number of ether oxygens (including phenoxy) is 1. The molecular weight excluding hydrogens is 545 g/mol. The van der Waals surface area contributed by atoms with Crippen LogP contribution in [-0.2, 0) is 17.7 Å². The maximum atomic E-state index is 13.9. The number of halogens is 1. The van der Waals surface area contributed by atoms with Gasteiger partial charge in [0.1, 0.15) is 11.6 Å². The Kier molecular flexibility index (Phi) is 8.33. The Morgan fingerprint density at radius 1 is 0.977 bits per heavy atom. The fourth-order valence-corrected chi connectivity index (χ4v) is 5.54. The first-order valence-electron chi connectivity index (χ1n) is 14.6. The summed E-state index contributed by atoms with van der Waals surface area (Å²) in [6, 6.07) is 22.7. The molecule has 8 nitrogen and oxygen atoms in total. The number of unbranched alkanes of at least 4 members (excludes halogenated alkanes) is 1. The number of hydrogen-bond donors (Lipinski definition) is 1. The van der Waals surface area contributed by atoms with Crippen molar-refractivity contribution in [1.29, 1.82) is 0 Å². The van der Waals surface area contributed by atoms with Gasteiger partial charge >= 0.3 is 5.76 Å². The van der Waals surface area contributed by atoms with E-state index in [4.69, 9.17) is 14.2 Å². The number of nitrogens with zero attached hydrogens (tertiary/aromatic N) is 4. The van der Waals surface area contributed by atoms with Gasteiger partial charge in [0.05, 0.1) is 30.3 Å². The molecule has 1 saturated heterocycles. The Bertz CT molecular complexity index is 1760. The summed E-state index contributed by atoms with van der Waals surface area (Å²) in [5, 5.41) is 3.88. The number of H-pyrrole nitrogens is 1. The molecule has 3 aromatic carbocycles. The van der Waals surface area contributed by atoms with Crippen molar-refractivity contribution >= 4 is 5.70 Å². The summed E-state index contributed by atoms with van der Waals surface area (Å²) in [5.74, 6) is 0.506. The van der Waals surface area contributed by atoms with E-state index in [9.17, 15) is 9.18 Å². The standard InChI is InChI=1S/C34H34FN5O3/c1-3-4-9-30-36-31(26-14-16-27(35)17-15-26)32(23(2)39-18-20-42-21-19-39)40(30)22-24-10-12-25(13-11-24)28-7-5-6-8-29(28)33-37-34(41)43-38-33/h5-8,10-17H,2-4,9,18-22H2,1H3,(H,37,38,41). The van der Waals surface area contributed by atoms with Gasteiger partial charge in [-0.2, -0.15) is 0 Å². The van der Waals surface area contributed by atoms with Gasteiger partial charge in [0.2, 0.25) is 0 Å². The Morgan fingerprint density at radius 2 is 1.67 bits per heavy atom. The van der Waals surface area contributed by atoms with Crippen LogP contribution in [0.4, 0.5) is 4.39 Å². The minimum absolute atomic E-state index is 0.278. The highest BCUT2D eigenvalue weighted by Gasteiger charge is 2.25. The van der Waals surface area contributed by atoms with Crippen LogP contribution in [0.25, 0.3) is 39.5 Å². The predicted octanol–water partition coefficient (Wildman–Crippen LogP) is 6.39. The van der Waals surface area contributed by atoms with Crippen molar-refractivity contribution < 1.29 is 13.7 Å². The van der Waals surface area contributed by atoms with Crippen molar-refractivity contribution in [2.24, 2.45) is 0 Å². The predicted molar refractivity (Wildman–Crippen MR) is 165 cm³/mol. The molecule has 0 amide bonds. The minimum atomic E-state index is -0.589. The van der Waals surface area contributed by atoms with E-state index in [1.54, 1.807) is 12.1 Å². The van der Waals surface area contributed by atoms with Crippen molar-refractivity contribution in [2.45, 2.75) is 32.7 Å². The average molecular weight is 580 g/mol. The second kappa shape index (κ2) is 12.6. The number of aromatic amines is 1. The van der Waals surface area contributed by atoms with E-state index in [1.165, 1.54) is 12.1 Å². The van der Waals surface area contributed by atoms with E-state index in [-0.39, 0.29) is 5.82 Å². The van der Waals surface area contributed by atoms with E-state index in [1.807, 2.05) is 24.3 Å². The lowest BCUT2D eigenvalue weighted by molar-refractivity contribution is 0.0638. The maximum absolute atomic E-state index is 13.9. The zero-order valence-electron chi connectivity index (χ0n) is 24.2. The number of hydrogen-bond acceptors (Lipinski definition) is 6. The van der Waals surface area contributed by atoms with Crippen LogP contribution in [0.1, 0.15) is 36.8 Å². The number of aryl methyl sites for hydroxylation is 1. The molecular formula is C34H34FN5O3. The number of nitrogens with one attached hydrogen (secondary N) is 1. The Morgan fingerprint density at radius 3 is 2.35 bits per heavy atom. The molecule has 3 heterocycles. The van der Waals surface area contributed by atoms with Gasteiger partial charge < -0.3 is 14.2 Å². The molecule has 5 aromatic rings. The fraction of sp³-hybridized carbons (Fsp3) is 0.265. The highest BCUT2D eigenvalue weighted by molar-refractivity contribution is 5.80. The minimum Gasteiger partial charge on any atom is -0.378 e. The Balaban J connectivity index is 1.39. The molecule has 0 radical (unpaired) electrons. The van der Waals surface area contributed by atoms with Gasteiger partial charge in [0.15, 0.2) is 5.82 Å². The average Bonchev–Trinajstić information content (AvgIpc) is 3.64. The van der Waals surface area contributed by atoms with Crippen molar-refractivity contribution in [3.05, 3.63) is 113 Å². The lowest BCUT2D eigenvalue weighted by atomic mass is 9.98. The van der Waals surface area contributed by atoms with Gasteiger partial charge in [-0.15, -0.1) is 0 Å². The van der Waals surface area contributed by atoms with E-state index in [2.05, 4.69) is 57.4 Å². The van der Waals surface area contributed by atoms with Crippen LogP contribution >= 0.6 is 0 Å². The number of imidazole rings is 1. The summed E-state index contributed by atoms with van der Waals surface area (Å²) in [4.78, 5) is 21.6. The molecule has 9 heteroatoms. The second-order valence-electron chi connectivity index (χ2n) is 10.7. The maximum Gasteiger partial charge on any atom is 0.439 e. The summed E-state index contributed by atoms with van der Waals surface area (Å²) in [6.45, 7) is 10.1. The van der Waals surface area contributed by atoms with E-state index < -0.39 is 5.76 Å². The van der Waals surface area contributed by atoms with Crippen molar-refractivity contribution in [2.75, 3.05) is 26.3 Å². The third-order valence-electron chi connectivity index (χ3n) is 7.81. The largest absolute Gasteiger partial charge is 0.439 e. The number of morpholine rings is 1. The molecule has 1 N–H and O–H groups in total. The van der Waals surface area contributed by atoms with Crippen molar-refractivity contribution in [1.82, 2.24) is 24.6 Å². The Hall–Kier alpha value is -4.76. The van der Waals surface area contributed by atoms with Crippen LogP contribution in [0.3, 0.4) is 0 Å². The van der Waals surface area contributed by atoms with Gasteiger partial charge in [-0.25, -0.2) is 14.2 Å². The van der Waals surface area contributed by atoms with Crippen LogP contribution in [0, 0.1) is 5.82 Å². The van der Waals surface area contributed by atoms with Crippen LogP contribution in [-0.4, -0.2) is 50.9 Å². The smallest absolute Gasteiger partial charge is 0.378 e. The highest BCUT2D eigenvalue weighted by atomic mass is 19.1. The number of aromatic nitrogens is 4. The molecule has 1 aliphatic rings. The zero-order valence-corrected chi connectivity index (χ0v) is 24.2. The van der Waals surface area contributed by atoms with Crippen molar-refractivity contribution in [3.8, 4) is 33.8 Å². The topological polar surface area (TPSA) is 89.2 Å². The molecule has 0 spiro atoms. The van der Waals surface area contributed by atoms with E-state index >= 15 is 0 Å². The van der Waals surface area contributed by atoms with Gasteiger partial charge in [0.25, 0.3) is 0 Å². The molecule has 0 bridgehead atoms. The molecule has 220 valence electrons. The lowest BCUT2D eigenvalue weighted by Crippen LogP contribution is -2.35. The van der Waals surface area contributed by atoms with Crippen LogP contribution < -0.4 is 5.76 Å². The quantitative estimate of drug-likeness (QED) is 0.206. The molecule has 2 aromatic heterocycles. The summed E-state index contributed by atoms with van der Waals surface area (Å²) in [5.41, 5.74) is 7.33. The van der Waals surface area contributed by atoms with Crippen molar-refractivity contribution in [3.63, 3.8) is 0 Å². The van der Waals surface area contributed by atoms with Gasteiger partial charge in [-0.3, -0.25) is 9.51 Å². The number of benzene rings is 3. The van der Waals surface area contributed by atoms with Gasteiger partial charge in [-0.1, -0.05) is 73.6 Å². The molecule has 0 atom stereocenters. The lowest BCUT2D eigenvalue weighted by Gasteiger charge is -2.31. The summed E-state index contributed by atoms with van der Waals surface area (Å²) in [7, 11) is 0. The van der Waals surface area contributed by atoms with Crippen LogP contribution in [0.2, 0.25) is 0 Å². The zero-order chi connectivity index (χ0) is 29.8. The summed E-state index contributed by atoms with van der Waals surface area (Å²) >= 11 is 0. The van der Waals surface area contributed by atoms with Gasteiger partial charge in [0, 0.05) is 37.2 Å². The molecule has 1 aliphatic heterocycles. The third-order valence-corrected chi connectivity index (χ3v) is 7.81. The summed E-state index contributed by atoms with van der Waals surface area (Å²) < 4.78 is 26.5. The second-order valence-corrected chi connectivity index (χ2v) is 10.7. The third kappa shape index (κ3) is 6.08. The SMILES string of the molecule is C=C(c1c(-c2ccc(F)cc2)nc(CCCC)n1Cc1ccc(-c2ccccc2-c2noc(=O)[nH]2)cc1)N1CCOCC1. The first-order chi connectivity index (χ1) is 21.0. The summed E-state index contributed by atoms with van der Waals surface area (Å²) in [6.07, 6.45) is 2.87.